The zero-order valence-electron chi connectivity index (χ0n) is 22.7. The third-order valence-electron chi connectivity index (χ3n) is 7.12. The molecule has 2 aromatic carbocycles. The molecule has 1 saturated carbocycles. The summed E-state index contributed by atoms with van der Waals surface area (Å²) in [4.78, 5) is 25.3. The minimum atomic E-state index is -0.895. The SMILES string of the molecule is COc1ccc(Cl)cc1Cn1c(-c2ccc(OCCC(C)(C)C(=O)O)cc2Cl)nc2c(OC3(C)CC3)ncnc21. The summed E-state index contributed by atoms with van der Waals surface area (Å²) in [5, 5.41) is 10.3. The number of hydrogen-bond donors (Lipinski definition) is 1. The fraction of sp³-hybridized carbons (Fsp3) is 0.379. The summed E-state index contributed by atoms with van der Waals surface area (Å²) in [5.74, 6) is 1.31. The van der Waals surface area contributed by atoms with E-state index in [9.17, 15) is 9.90 Å². The number of carbonyl (C=O) groups is 1. The van der Waals surface area contributed by atoms with Crippen molar-refractivity contribution < 1.29 is 24.1 Å². The predicted octanol–water partition coefficient (Wildman–Crippen LogP) is 6.67. The molecule has 1 aliphatic rings. The third-order valence-corrected chi connectivity index (χ3v) is 7.67. The first-order chi connectivity index (χ1) is 19.0. The van der Waals surface area contributed by atoms with Crippen molar-refractivity contribution in [2.75, 3.05) is 13.7 Å². The van der Waals surface area contributed by atoms with Gasteiger partial charge in [-0.2, -0.15) is 4.98 Å². The number of rotatable bonds is 11. The van der Waals surface area contributed by atoms with Crippen molar-refractivity contribution >= 4 is 40.3 Å². The van der Waals surface area contributed by atoms with Gasteiger partial charge in [0, 0.05) is 16.1 Å². The lowest BCUT2D eigenvalue weighted by atomic mass is 9.90. The molecule has 0 aliphatic heterocycles. The highest BCUT2D eigenvalue weighted by atomic mass is 35.5. The van der Waals surface area contributed by atoms with Gasteiger partial charge in [0.15, 0.2) is 11.2 Å². The molecule has 4 aromatic rings. The fourth-order valence-electron chi connectivity index (χ4n) is 4.20. The summed E-state index contributed by atoms with van der Waals surface area (Å²) in [6.07, 6.45) is 3.71. The van der Waals surface area contributed by atoms with Crippen molar-refractivity contribution in [3.05, 3.63) is 58.3 Å². The van der Waals surface area contributed by atoms with Crippen molar-refractivity contribution in [1.29, 1.82) is 0 Å². The molecular weight excluding hydrogens is 555 g/mol. The summed E-state index contributed by atoms with van der Waals surface area (Å²) in [6, 6.07) is 10.7. The highest BCUT2D eigenvalue weighted by molar-refractivity contribution is 6.33. The van der Waals surface area contributed by atoms with Crippen LogP contribution in [-0.4, -0.2) is 49.9 Å². The van der Waals surface area contributed by atoms with E-state index in [1.165, 1.54) is 6.33 Å². The Kier molecular flexibility index (Phi) is 7.54. The second-order valence-electron chi connectivity index (χ2n) is 10.8. The quantitative estimate of drug-likeness (QED) is 0.208. The molecule has 0 unspecified atom stereocenters. The Balaban J connectivity index is 1.54. The fourth-order valence-corrected chi connectivity index (χ4v) is 4.65. The number of fused-ring (bicyclic) bond motifs is 1. The van der Waals surface area contributed by atoms with E-state index in [2.05, 4.69) is 9.97 Å². The number of halogens is 2. The van der Waals surface area contributed by atoms with E-state index in [1.54, 1.807) is 39.2 Å². The summed E-state index contributed by atoms with van der Waals surface area (Å²) in [5.41, 5.74) is 1.45. The Morgan fingerprint density at radius 1 is 1.15 bits per heavy atom. The number of carboxylic acid groups (broad SMARTS) is 1. The monoisotopic (exact) mass is 584 g/mol. The van der Waals surface area contributed by atoms with Crippen molar-refractivity contribution in [2.24, 2.45) is 5.41 Å². The lowest BCUT2D eigenvalue weighted by Crippen LogP contribution is -2.25. The van der Waals surface area contributed by atoms with Crippen molar-refractivity contribution in [3.63, 3.8) is 0 Å². The summed E-state index contributed by atoms with van der Waals surface area (Å²) >= 11 is 13.1. The molecule has 210 valence electrons. The molecule has 0 saturated heterocycles. The molecule has 5 rings (SSSR count). The van der Waals surface area contributed by atoms with Crippen LogP contribution in [0.2, 0.25) is 10.0 Å². The molecule has 0 bridgehead atoms. The van der Waals surface area contributed by atoms with E-state index >= 15 is 0 Å². The van der Waals surface area contributed by atoms with Gasteiger partial charge in [-0.1, -0.05) is 23.2 Å². The number of aliphatic carboxylic acids is 1. The van der Waals surface area contributed by atoms with Gasteiger partial charge in [-0.15, -0.1) is 0 Å². The summed E-state index contributed by atoms with van der Waals surface area (Å²) in [6.45, 7) is 5.96. The van der Waals surface area contributed by atoms with Crippen LogP contribution in [0.4, 0.5) is 0 Å². The number of hydrogen-bond acceptors (Lipinski definition) is 7. The molecular formula is C29H30Cl2N4O5. The molecule has 1 aliphatic carbocycles. The Labute approximate surface area is 242 Å². The summed E-state index contributed by atoms with van der Waals surface area (Å²) in [7, 11) is 1.61. The normalized spacial score (nSPS) is 14.2. The van der Waals surface area contributed by atoms with Crippen LogP contribution in [0.5, 0.6) is 17.4 Å². The number of methoxy groups -OCH3 is 1. The van der Waals surface area contributed by atoms with Crippen LogP contribution in [0.1, 0.15) is 45.6 Å². The molecule has 9 nitrogen and oxygen atoms in total. The molecule has 2 heterocycles. The molecule has 0 atom stereocenters. The lowest BCUT2D eigenvalue weighted by Gasteiger charge is -2.19. The first-order valence-electron chi connectivity index (χ1n) is 12.9. The smallest absolute Gasteiger partial charge is 0.309 e. The van der Waals surface area contributed by atoms with Gasteiger partial charge in [0.1, 0.15) is 29.3 Å². The average Bonchev–Trinajstić information content (AvgIpc) is 3.52. The molecule has 1 N–H and O–H groups in total. The van der Waals surface area contributed by atoms with Gasteiger partial charge >= 0.3 is 5.97 Å². The van der Waals surface area contributed by atoms with Crippen LogP contribution in [-0.2, 0) is 11.3 Å². The van der Waals surface area contributed by atoms with Crippen LogP contribution >= 0.6 is 23.2 Å². The van der Waals surface area contributed by atoms with Crippen molar-refractivity contribution in [2.45, 2.75) is 52.2 Å². The average molecular weight is 585 g/mol. The molecule has 40 heavy (non-hydrogen) atoms. The maximum Gasteiger partial charge on any atom is 0.309 e. The second-order valence-corrected chi connectivity index (χ2v) is 11.7. The number of benzene rings is 2. The summed E-state index contributed by atoms with van der Waals surface area (Å²) < 4.78 is 19.6. The maximum absolute atomic E-state index is 11.4. The van der Waals surface area contributed by atoms with Crippen LogP contribution in [0.25, 0.3) is 22.6 Å². The van der Waals surface area contributed by atoms with E-state index in [0.717, 1.165) is 18.4 Å². The molecule has 11 heteroatoms. The van der Waals surface area contributed by atoms with Crippen molar-refractivity contribution in [1.82, 2.24) is 19.5 Å². The first-order valence-corrected chi connectivity index (χ1v) is 13.6. The topological polar surface area (TPSA) is 109 Å². The van der Waals surface area contributed by atoms with E-state index in [4.69, 9.17) is 42.4 Å². The minimum Gasteiger partial charge on any atom is -0.496 e. The first kappa shape index (κ1) is 28.0. The minimum absolute atomic E-state index is 0.233. The highest BCUT2D eigenvalue weighted by Crippen LogP contribution is 2.41. The number of carboxylic acids is 1. The molecule has 0 radical (unpaired) electrons. The zero-order valence-corrected chi connectivity index (χ0v) is 24.2. The third kappa shape index (κ3) is 5.81. The Bertz CT molecular complexity index is 1580. The number of imidazole rings is 1. The van der Waals surface area contributed by atoms with E-state index in [-0.39, 0.29) is 12.2 Å². The van der Waals surface area contributed by atoms with Gasteiger partial charge in [-0.05, 0) is 76.4 Å². The largest absolute Gasteiger partial charge is 0.496 e. The van der Waals surface area contributed by atoms with E-state index in [1.807, 2.05) is 29.7 Å². The predicted molar refractivity (Wildman–Crippen MR) is 153 cm³/mol. The van der Waals surface area contributed by atoms with Gasteiger partial charge in [-0.25, -0.2) is 9.97 Å². The van der Waals surface area contributed by atoms with Crippen molar-refractivity contribution in [3.8, 4) is 28.8 Å². The number of nitrogens with zero attached hydrogens (tertiary/aromatic N) is 4. The Morgan fingerprint density at radius 3 is 2.60 bits per heavy atom. The van der Waals surface area contributed by atoms with Gasteiger partial charge in [0.2, 0.25) is 5.88 Å². The molecule has 0 amide bonds. The van der Waals surface area contributed by atoms with Crippen LogP contribution in [0.15, 0.2) is 42.7 Å². The molecule has 2 aromatic heterocycles. The van der Waals surface area contributed by atoms with Crippen LogP contribution in [0, 0.1) is 5.41 Å². The van der Waals surface area contributed by atoms with Gasteiger partial charge in [0.25, 0.3) is 0 Å². The molecule has 1 fully saturated rings. The van der Waals surface area contributed by atoms with Crippen LogP contribution < -0.4 is 14.2 Å². The van der Waals surface area contributed by atoms with Crippen LogP contribution in [0.3, 0.4) is 0 Å². The number of ether oxygens (including phenoxy) is 3. The zero-order chi connectivity index (χ0) is 28.7. The standard InChI is InChI=1S/C29H30Cl2N4O5/c1-28(2,27(36)37)11-12-39-19-6-7-20(21(31)14-19)24-34-23-25(32-16-33-26(23)40-29(3)9-10-29)35(24)15-17-13-18(30)5-8-22(17)38-4/h5-8,13-14,16H,9-12,15H2,1-4H3,(H,36,37). The molecule has 0 spiro atoms. The lowest BCUT2D eigenvalue weighted by molar-refractivity contribution is -0.147. The van der Waals surface area contributed by atoms with Gasteiger partial charge in [-0.3, -0.25) is 4.79 Å². The Morgan fingerprint density at radius 2 is 1.93 bits per heavy atom. The number of aromatic nitrogens is 4. The highest BCUT2D eigenvalue weighted by Gasteiger charge is 2.41. The maximum atomic E-state index is 11.4. The van der Waals surface area contributed by atoms with Gasteiger partial charge in [0.05, 0.1) is 30.7 Å². The Hall–Kier alpha value is -3.56. The second kappa shape index (κ2) is 10.8. The van der Waals surface area contributed by atoms with E-state index < -0.39 is 11.4 Å². The van der Waals surface area contributed by atoms with E-state index in [0.29, 0.717) is 62.9 Å². The van der Waals surface area contributed by atoms with Gasteiger partial charge < -0.3 is 23.9 Å².